The number of hydrogen-bond donors (Lipinski definition) is 1. The first-order valence-corrected chi connectivity index (χ1v) is 10.2. The van der Waals surface area contributed by atoms with Crippen molar-refractivity contribution in [3.05, 3.63) is 70.7 Å². The molecule has 0 radical (unpaired) electrons. The normalized spacial score (nSPS) is 10.8. The molecule has 3 aromatic carbocycles. The molecule has 4 aromatic rings. The Morgan fingerprint density at radius 3 is 2.71 bits per heavy atom. The molecule has 0 aliphatic rings. The van der Waals surface area contributed by atoms with Gasteiger partial charge in [0.25, 0.3) is 5.91 Å². The lowest BCUT2D eigenvalue weighted by atomic mass is 10.1. The Labute approximate surface area is 184 Å². The maximum Gasteiger partial charge on any atom is 0.255 e. The van der Waals surface area contributed by atoms with Crippen molar-refractivity contribution in [2.75, 3.05) is 19.0 Å². The molecule has 0 bridgehead atoms. The Bertz CT molecular complexity index is 1270. The number of fused-ring (bicyclic) bond motifs is 1. The van der Waals surface area contributed by atoms with Crippen molar-refractivity contribution in [2.45, 2.75) is 13.8 Å². The summed E-state index contributed by atoms with van der Waals surface area (Å²) in [6.45, 7) is 4.29. The van der Waals surface area contributed by atoms with E-state index in [9.17, 15) is 4.79 Å². The standard InChI is InChI=1S/C24H21ClN2O4/c1-4-30-21-9-7-15(11-18(21)25)23(28)26-19-12-16(6-5-14(19)2)24-27-20-13-17(29-3)8-10-22(20)31-24/h5-13H,4H2,1-3H3,(H,26,28). The molecule has 6 nitrogen and oxygen atoms in total. The number of carbonyl (C=O) groups excluding carboxylic acids is 1. The third-order valence-electron chi connectivity index (χ3n) is 4.82. The molecule has 0 spiro atoms. The van der Waals surface area contributed by atoms with Crippen LogP contribution in [-0.2, 0) is 0 Å². The van der Waals surface area contributed by atoms with Crippen molar-refractivity contribution in [3.63, 3.8) is 0 Å². The molecule has 1 aromatic heterocycles. The van der Waals surface area contributed by atoms with Gasteiger partial charge in [0.05, 0.1) is 18.7 Å². The lowest BCUT2D eigenvalue weighted by molar-refractivity contribution is 0.102. The molecule has 0 unspecified atom stereocenters. The van der Waals surface area contributed by atoms with Gasteiger partial charge in [-0.3, -0.25) is 4.79 Å². The minimum atomic E-state index is -0.271. The van der Waals surface area contributed by atoms with Crippen LogP contribution in [0.15, 0.2) is 59.0 Å². The minimum Gasteiger partial charge on any atom is -0.497 e. The number of nitrogens with zero attached hydrogens (tertiary/aromatic N) is 1. The van der Waals surface area contributed by atoms with E-state index in [-0.39, 0.29) is 5.91 Å². The Hall–Kier alpha value is -3.51. The molecule has 1 N–H and O–H groups in total. The highest BCUT2D eigenvalue weighted by molar-refractivity contribution is 6.32. The fourth-order valence-corrected chi connectivity index (χ4v) is 3.39. The fraction of sp³-hybridized carbons (Fsp3) is 0.167. The number of hydrogen-bond acceptors (Lipinski definition) is 5. The number of methoxy groups -OCH3 is 1. The average molecular weight is 437 g/mol. The predicted octanol–water partition coefficient (Wildman–Crippen LogP) is 6.12. The number of benzene rings is 3. The molecule has 0 saturated heterocycles. The molecule has 1 heterocycles. The van der Waals surface area contributed by atoms with Crippen LogP contribution >= 0.6 is 11.6 Å². The van der Waals surface area contributed by atoms with Crippen LogP contribution in [0.4, 0.5) is 5.69 Å². The van der Waals surface area contributed by atoms with Gasteiger partial charge in [-0.15, -0.1) is 0 Å². The minimum absolute atomic E-state index is 0.271. The molecule has 31 heavy (non-hydrogen) atoms. The molecular weight excluding hydrogens is 416 g/mol. The number of carbonyl (C=O) groups is 1. The summed E-state index contributed by atoms with van der Waals surface area (Å²) in [6.07, 6.45) is 0. The molecule has 0 atom stereocenters. The van der Waals surface area contributed by atoms with E-state index >= 15 is 0 Å². The number of anilines is 1. The monoisotopic (exact) mass is 436 g/mol. The van der Waals surface area contributed by atoms with Crippen molar-refractivity contribution < 1.29 is 18.7 Å². The smallest absolute Gasteiger partial charge is 0.255 e. The Balaban J connectivity index is 1.61. The van der Waals surface area contributed by atoms with E-state index in [0.717, 1.165) is 11.1 Å². The number of ether oxygens (including phenoxy) is 2. The van der Waals surface area contributed by atoms with Crippen LogP contribution in [0.25, 0.3) is 22.6 Å². The SMILES string of the molecule is CCOc1ccc(C(=O)Nc2cc(-c3nc4cc(OC)ccc4o3)ccc2C)cc1Cl. The molecule has 0 aliphatic carbocycles. The Morgan fingerprint density at radius 1 is 1.13 bits per heavy atom. The lowest BCUT2D eigenvalue weighted by Crippen LogP contribution is -2.13. The second-order valence-electron chi connectivity index (χ2n) is 6.91. The van der Waals surface area contributed by atoms with Crippen LogP contribution in [0.3, 0.4) is 0 Å². The topological polar surface area (TPSA) is 73.6 Å². The van der Waals surface area contributed by atoms with Gasteiger partial charge in [0, 0.05) is 22.9 Å². The van der Waals surface area contributed by atoms with Crippen LogP contribution in [0.1, 0.15) is 22.8 Å². The maximum atomic E-state index is 12.8. The van der Waals surface area contributed by atoms with E-state index in [2.05, 4.69) is 10.3 Å². The zero-order valence-electron chi connectivity index (χ0n) is 17.4. The number of aromatic nitrogens is 1. The van der Waals surface area contributed by atoms with E-state index in [1.54, 1.807) is 25.3 Å². The predicted molar refractivity (Wildman–Crippen MR) is 121 cm³/mol. The van der Waals surface area contributed by atoms with Crippen molar-refractivity contribution in [1.82, 2.24) is 4.98 Å². The van der Waals surface area contributed by atoms with Gasteiger partial charge in [0.1, 0.15) is 17.0 Å². The van der Waals surface area contributed by atoms with Crippen LogP contribution in [-0.4, -0.2) is 24.6 Å². The van der Waals surface area contributed by atoms with E-state index in [1.165, 1.54) is 0 Å². The fourth-order valence-electron chi connectivity index (χ4n) is 3.16. The number of oxazole rings is 1. The van der Waals surface area contributed by atoms with Crippen LogP contribution in [0.2, 0.25) is 5.02 Å². The third-order valence-corrected chi connectivity index (χ3v) is 5.12. The second-order valence-corrected chi connectivity index (χ2v) is 7.32. The zero-order valence-corrected chi connectivity index (χ0v) is 18.1. The molecule has 7 heteroatoms. The molecule has 1 amide bonds. The van der Waals surface area contributed by atoms with E-state index in [0.29, 0.717) is 51.4 Å². The first kappa shape index (κ1) is 20.8. The highest BCUT2D eigenvalue weighted by Gasteiger charge is 2.14. The van der Waals surface area contributed by atoms with E-state index < -0.39 is 0 Å². The largest absolute Gasteiger partial charge is 0.497 e. The van der Waals surface area contributed by atoms with Gasteiger partial charge >= 0.3 is 0 Å². The molecular formula is C24H21ClN2O4. The van der Waals surface area contributed by atoms with Gasteiger partial charge in [-0.05, 0) is 61.9 Å². The van der Waals surface area contributed by atoms with Crippen LogP contribution in [0, 0.1) is 6.92 Å². The van der Waals surface area contributed by atoms with E-state index in [4.69, 9.17) is 25.5 Å². The number of halogens is 1. The van der Waals surface area contributed by atoms with Crippen molar-refractivity contribution >= 4 is 34.3 Å². The lowest BCUT2D eigenvalue weighted by Gasteiger charge is -2.11. The maximum absolute atomic E-state index is 12.8. The highest BCUT2D eigenvalue weighted by atomic mass is 35.5. The molecule has 158 valence electrons. The first-order chi connectivity index (χ1) is 15.0. The third kappa shape index (κ3) is 4.34. The summed E-state index contributed by atoms with van der Waals surface area (Å²) >= 11 is 6.22. The summed E-state index contributed by atoms with van der Waals surface area (Å²) in [7, 11) is 1.61. The van der Waals surface area contributed by atoms with Crippen molar-refractivity contribution in [2.24, 2.45) is 0 Å². The van der Waals surface area contributed by atoms with Crippen molar-refractivity contribution in [3.8, 4) is 23.0 Å². The van der Waals surface area contributed by atoms with Gasteiger partial charge in [-0.1, -0.05) is 17.7 Å². The van der Waals surface area contributed by atoms with Gasteiger partial charge in [0.2, 0.25) is 5.89 Å². The van der Waals surface area contributed by atoms with Gasteiger partial charge in [-0.25, -0.2) is 4.98 Å². The average Bonchev–Trinajstić information content (AvgIpc) is 3.20. The molecule has 0 fully saturated rings. The van der Waals surface area contributed by atoms with Crippen LogP contribution < -0.4 is 14.8 Å². The van der Waals surface area contributed by atoms with Gasteiger partial charge < -0.3 is 19.2 Å². The summed E-state index contributed by atoms with van der Waals surface area (Å²) in [6, 6.07) is 16.1. The Morgan fingerprint density at radius 2 is 1.97 bits per heavy atom. The van der Waals surface area contributed by atoms with Gasteiger partial charge in [-0.2, -0.15) is 0 Å². The summed E-state index contributed by atoms with van der Waals surface area (Å²) < 4.78 is 16.5. The molecule has 4 rings (SSSR count). The van der Waals surface area contributed by atoms with Crippen molar-refractivity contribution in [1.29, 1.82) is 0 Å². The van der Waals surface area contributed by atoms with Crippen LogP contribution in [0.5, 0.6) is 11.5 Å². The quantitative estimate of drug-likeness (QED) is 0.394. The summed E-state index contributed by atoms with van der Waals surface area (Å²) in [5.74, 6) is 1.44. The number of rotatable bonds is 6. The number of amides is 1. The van der Waals surface area contributed by atoms with E-state index in [1.807, 2.05) is 50.2 Å². The first-order valence-electron chi connectivity index (χ1n) is 9.77. The Kier molecular flexibility index (Phi) is 5.82. The molecule has 0 aliphatic heterocycles. The van der Waals surface area contributed by atoms with Gasteiger partial charge in [0.15, 0.2) is 5.58 Å². The zero-order chi connectivity index (χ0) is 22.0. The molecule has 0 saturated carbocycles. The second kappa shape index (κ2) is 8.70. The summed E-state index contributed by atoms with van der Waals surface area (Å²) in [4.78, 5) is 17.3. The number of nitrogens with one attached hydrogen (secondary N) is 1. The summed E-state index contributed by atoms with van der Waals surface area (Å²) in [5.41, 5.74) is 4.11. The number of aryl methyl sites for hydroxylation is 1. The summed E-state index contributed by atoms with van der Waals surface area (Å²) in [5, 5.41) is 3.33. The highest BCUT2D eigenvalue weighted by Crippen LogP contribution is 2.30.